The van der Waals surface area contributed by atoms with Gasteiger partial charge in [0, 0.05) is 37.3 Å². The second kappa shape index (κ2) is 10.1. The van der Waals surface area contributed by atoms with E-state index < -0.39 is 22.9 Å². The van der Waals surface area contributed by atoms with Crippen molar-refractivity contribution >= 4 is 83.8 Å². The lowest BCUT2D eigenvalue weighted by Crippen LogP contribution is -2.26. The maximum atomic E-state index is 13.2. The Hall–Kier alpha value is -2.98. The van der Waals surface area contributed by atoms with Gasteiger partial charge in [0.1, 0.15) is 4.88 Å². The first-order valence-electron chi connectivity index (χ1n) is 9.63. The molecule has 3 aromatic carbocycles. The Balaban J connectivity index is 1.63. The van der Waals surface area contributed by atoms with Gasteiger partial charge in [-0.2, -0.15) is 0 Å². The predicted molar refractivity (Wildman–Crippen MR) is 136 cm³/mol. The predicted octanol–water partition coefficient (Wildman–Crippen LogP) is 7.42. The third-order valence-electron chi connectivity index (χ3n) is 4.76. The molecule has 1 unspecified atom stereocenters. The number of nitrogens with zero attached hydrogens (tertiary/aromatic N) is 1. The average molecular weight is 580 g/mol. The van der Waals surface area contributed by atoms with Gasteiger partial charge >= 0.3 is 5.97 Å². The van der Waals surface area contributed by atoms with Gasteiger partial charge in [-0.05, 0) is 34.1 Å². The summed E-state index contributed by atoms with van der Waals surface area (Å²) in [6.07, 6.45) is -1.30. The molecule has 4 aromatic rings. The van der Waals surface area contributed by atoms with Crippen molar-refractivity contribution in [3.05, 3.63) is 102 Å². The molecule has 1 aromatic heterocycles. The van der Waals surface area contributed by atoms with E-state index >= 15 is 0 Å². The Kier molecular flexibility index (Phi) is 7.18. The lowest BCUT2D eigenvalue weighted by atomic mass is 10.1. The van der Waals surface area contributed by atoms with Crippen LogP contribution in [-0.4, -0.2) is 16.8 Å². The van der Waals surface area contributed by atoms with Crippen LogP contribution in [0.5, 0.6) is 0 Å². The van der Waals surface area contributed by atoms with Gasteiger partial charge in [0.25, 0.3) is 11.6 Å². The fraction of sp³-hybridized carbons (Fsp3) is 0.0435. The van der Waals surface area contributed by atoms with Crippen molar-refractivity contribution in [2.24, 2.45) is 0 Å². The van der Waals surface area contributed by atoms with E-state index in [0.29, 0.717) is 25.1 Å². The summed E-state index contributed by atoms with van der Waals surface area (Å²) < 4.78 is 6.63. The molecule has 1 amide bonds. The number of hydrogen-bond donors (Lipinski definition) is 1. The standard InChI is InChI=1S/C23H13BrCl2N2O5S/c24-16-11-14(28(31)32)7-9-17(16)27-22(29)20(12-4-2-1-3-5-12)33-23(30)21-19(26)15-8-6-13(25)10-18(15)34-21/h1-11,20H,(H,27,29). The summed E-state index contributed by atoms with van der Waals surface area (Å²) in [6.45, 7) is 0. The van der Waals surface area contributed by atoms with E-state index in [-0.39, 0.29) is 21.3 Å². The smallest absolute Gasteiger partial charge is 0.351 e. The number of nitrogens with one attached hydrogen (secondary N) is 1. The van der Waals surface area contributed by atoms with E-state index in [0.717, 1.165) is 11.3 Å². The number of rotatable bonds is 6. The highest BCUT2D eigenvalue weighted by molar-refractivity contribution is 9.10. The maximum Gasteiger partial charge on any atom is 0.351 e. The van der Waals surface area contributed by atoms with Gasteiger partial charge in [0.2, 0.25) is 6.10 Å². The number of benzene rings is 3. The lowest BCUT2D eigenvalue weighted by Gasteiger charge is -2.18. The van der Waals surface area contributed by atoms with E-state index in [4.69, 9.17) is 27.9 Å². The maximum absolute atomic E-state index is 13.2. The van der Waals surface area contributed by atoms with Gasteiger partial charge < -0.3 is 10.1 Å². The van der Waals surface area contributed by atoms with Crippen LogP contribution >= 0.6 is 50.5 Å². The molecule has 7 nitrogen and oxygen atoms in total. The summed E-state index contributed by atoms with van der Waals surface area (Å²) in [5.74, 6) is -1.41. The molecular weight excluding hydrogens is 567 g/mol. The molecule has 0 aliphatic carbocycles. The molecule has 1 heterocycles. The summed E-state index contributed by atoms with van der Waals surface area (Å²) in [7, 11) is 0. The number of hydrogen-bond acceptors (Lipinski definition) is 6. The first-order valence-corrected chi connectivity index (χ1v) is 12.0. The van der Waals surface area contributed by atoms with E-state index in [1.54, 1.807) is 48.5 Å². The lowest BCUT2D eigenvalue weighted by molar-refractivity contribution is -0.384. The number of nitro groups is 1. The van der Waals surface area contributed by atoms with E-state index in [9.17, 15) is 19.7 Å². The first-order chi connectivity index (χ1) is 16.2. The number of esters is 1. The SMILES string of the molecule is O=C(OC(C(=O)Nc1ccc([N+](=O)[O-])cc1Br)c1ccccc1)c1sc2cc(Cl)ccc2c1Cl. The largest absolute Gasteiger partial charge is 0.443 e. The summed E-state index contributed by atoms with van der Waals surface area (Å²) >= 11 is 16.8. The van der Waals surface area contributed by atoms with E-state index in [1.807, 2.05) is 0 Å². The molecule has 0 fully saturated rings. The number of halogens is 3. The van der Waals surface area contributed by atoms with Crippen LogP contribution < -0.4 is 5.32 Å². The fourth-order valence-electron chi connectivity index (χ4n) is 3.15. The number of ether oxygens (including phenoxy) is 1. The highest BCUT2D eigenvalue weighted by Gasteiger charge is 2.29. The molecule has 0 bridgehead atoms. The van der Waals surface area contributed by atoms with Crippen LogP contribution in [0.1, 0.15) is 21.3 Å². The third kappa shape index (κ3) is 5.07. The Morgan fingerprint density at radius 1 is 1.06 bits per heavy atom. The molecule has 11 heteroatoms. The van der Waals surface area contributed by atoms with Gasteiger partial charge in [-0.3, -0.25) is 14.9 Å². The Morgan fingerprint density at radius 2 is 1.79 bits per heavy atom. The summed E-state index contributed by atoms with van der Waals surface area (Å²) in [6, 6.07) is 17.4. The third-order valence-corrected chi connectivity index (χ3v) is 7.29. The quantitative estimate of drug-likeness (QED) is 0.146. The van der Waals surface area contributed by atoms with Crippen LogP contribution in [0.2, 0.25) is 10.0 Å². The van der Waals surface area contributed by atoms with E-state index in [1.165, 1.54) is 18.2 Å². The van der Waals surface area contributed by atoms with Crippen molar-refractivity contribution < 1.29 is 19.2 Å². The molecule has 172 valence electrons. The molecular formula is C23H13BrCl2N2O5S. The summed E-state index contributed by atoms with van der Waals surface area (Å²) in [4.78, 5) is 36.8. The molecule has 34 heavy (non-hydrogen) atoms. The van der Waals surface area contributed by atoms with Crippen LogP contribution in [0.25, 0.3) is 10.1 Å². The van der Waals surface area contributed by atoms with Crippen molar-refractivity contribution in [3.63, 3.8) is 0 Å². The minimum atomic E-state index is -1.30. The number of nitro benzene ring substituents is 1. The van der Waals surface area contributed by atoms with Crippen molar-refractivity contribution in [2.45, 2.75) is 6.10 Å². The van der Waals surface area contributed by atoms with Crippen LogP contribution in [0.15, 0.2) is 71.2 Å². The molecule has 0 saturated carbocycles. The average Bonchev–Trinajstić information content (AvgIpc) is 3.14. The van der Waals surface area contributed by atoms with Gasteiger partial charge in [-0.1, -0.05) is 59.6 Å². The molecule has 0 aliphatic rings. The number of carbonyl (C=O) groups excluding carboxylic acids is 2. The van der Waals surface area contributed by atoms with E-state index in [2.05, 4.69) is 21.2 Å². The van der Waals surface area contributed by atoms with Gasteiger partial charge in [0.15, 0.2) is 0 Å². The number of fused-ring (bicyclic) bond motifs is 1. The molecule has 0 spiro atoms. The molecule has 1 atom stereocenters. The number of amides is 1. The number of non-ortho nitro benzene ring substituents is 1. The van der Waals surface area contributed by atoms with Crippen LogP contribution in [-0.2, 0) is 9.53 Å². The number of thiophene rings is 1. The fourth-order valence-corrected chi connectivity index (χ4v) is 5.28. The monoisotopic (exact) mass is 578 g/mol. The first kappa shape index (κ1) is 24.2. The van der Waals surface area contributed by atoms with Crippen molar-refractivity contribution in [2.75, 3.05) is 5.32 Å². The van der Waals surface area contributed by atoms with Crippen LogP contribution in [0.3, 0.4) is 0 Å². The minimum absolute atomic E-state index is 0.143. The second-order valence-electron chi connectivity index (χ2n) is 6.99. The van der Waals surface area contributed by atoms with Crippen molar-refractivity contribution in [1.82, 2.24) is 0 Å². The topological polar surface area (TPSA) is 98.5 Å². The minimum Gasteiger partial charge on any atom is -0.443 e. The highest BCUT2D eigenvalue weighted by atomic mass is 79.9. The van der Waals surface area contributed by atoms with Crippen molar-refractivity contribution in [1.29, 1.82) is 0 Å². The Morgan fingerprint density at radius 3 is 2.47 bits per heavy atom. The Labute approximate surface area is 215 Å². The molecule has 0 aliphatic heterocycles. The summed E-state index contributed by atoms with van der Waals surface area (Å²) in [5.41, 5.74) is 0.573. The molecule has 4 rings (SSSR count). The zero-order valence-corrected chi connectivity index (χ0v) is 20.9. The highest BCUT2D eigenvalue weighted by Crippen LogP contribution is 2.38. The van der Waals surface area contributed by atoms with Gasteiger partial charge in [-0.15, -0.1) is 11.3 Å². The molecule has 0 saturated heterocycles. The summed E-state index contributed by atoms with van der Waals surface area (Å²) in [5, 5.41) is 15.0. The normalized spacial score (nSPS) is 11.7. The zero-order chi connectivity index (χ0) is 24.4. The van der Waals surface area contributed by atoms with Crippen molar-refractivity contribution in [3.8, 4) is 0 Å². The zero-order valence-electron chi connectivity index (χ0n) is 17.0. The Bertz CT molecular complexity index is 1430. The van der Waals surface area contributed by atoms with Crippen LogP contribution in [0, 0.1) is 10.1 Å². The van der Waals surface area contributed by atoms with Gasteiger partial charge in [0.05, 0.1) is 15.6 Å². The van der Waals surface area contributed by atoms with Gasteiger partial charge in [-0.25, -0.2) is 4.79 Å². The molecule has 0 radical (unpaired) electrons. The number of anilines is 1. The second-order valence-corrected chi connectivity index (χ2v) is 9.71. The number of carbonyl (C=O) groups is 2. The molecule has 1 N–H and O–H groups in total. The van der Waals surface area contributed by atoms with Crippen LogP contribution in [0.4, 0.5) is 11.4 Å².